The van der Waals surface area contributed by atoms with Gasteiger partial charge in [-0.3, -0.25) is 4.79 Å². The number of aromatic nitrogens is 2. The maximum atomic E-state index is 11.5. The Hall–Kier alpha value is -1.35. The molecule has 0 bridgehead atoms. The van der Waals surface area contributed by atoms with Crippen LogP contribution in [0.3, 0.4) is 0 Å². The largest absolute Gasteiger partial charge is 0.282 e. The zero-order valence-corrected chi connectivity index (χ0v) is 7.80. The molecule has 2 rings (SSSR count). The van der Waals surface area contributed by atoms with Crippen LogP contribution < -0.4 is 10.1 Å². The lowest BCUT2D eigenvalue weighted by atomic mass is 10.2. The molecule has 66 valence electrons. The second kappa shape index (κ2) is 2.85. The third kappa shape index (κ3) is 1.31. The number of hydrogen-bond donors (Lipinski definition) is 1. The molecule has 0 saturated carbocycles. The van der Waals surface area contributed by atoms with Gasteiger partial charge in [0.05, 0.1) is 10.4 Å². The van der Waals surface area contributed by atoms with Gasteiger partial charge in [0.25, 0.3) is 5.43 Å². The summed E-state index contributed by atoms with van der Waals surface area (Å²) in [7, 11) is 1.75. The van der Waals surface area contributed by atoms with E-state index in [2.05, 4.69) is 5.10 Å². The highest BCUT2D eigenvalue weighted by molar-refractivity contribution is 6.34. The molecule has 0 saturated heterocycles. The van der Waals surface area contributed by atoms with E-state index in [0.717, 1.165) is 0 Å². The minimum atomic E-state index is -0.0289. The van der Waals surface area contributed by atoms with Crippen LogP contribution in [0.15, 0.2) is 29.2 Å². The first-order chi connectivity index (χ1) is 6.18. The lowest BCUT2D eigenvalue weighted by molar-refractivity contribution is -0.729. The molecular weight excluding hydrogens is 188 g/mol. The first-order valence-corrected chi connectivity index (χ1v) is 4.23. The Balaban J connectivity index is 3.03. The van der Waals surface area contributed by atoms with Crippen LogP contribution in [0.25, 0.3) is 10.9 Å². The van der Waals surface area contributed by atoms with Crippen molar-refractivity contribution in [2.24, 2.45) is 7.05 Å². The SMILES string of the molecule is C[n+]1cc(=O)c2cccc(Cl)c2[nH]1. The highest BCUT2D eigenvalue weighted by Gasteiger charge is 2.06. The number of aromatic amines is 1. The standard InChI is InChI=1S/C9H7ClN2O/c1-12-5-8(13)6-3-2-4-7(10)9(6)11-12/h2-5H,1H3/p+1. The van der Waals surface area contributed by atoms with E-state index >= 15 is 0 Å². The smallest absolute Gasteiger partial charge is 0.253 e. The molecule has 0 aliphatic heterocycles. The molecule has 1 aromatic heterocycles. The van der Waals surface area contributed by atoms with E-state index in [1.807, 2.05) is 0 Å². The first-order valence-electron chi connectivity index (χ1n) is 3.85. The molecular formula is C9H8ClN2O+. The number of nitrogens with one attached hydrogen (secondary N) is 1. The van der Waals surface area contributed by atoms with Gasteiger partial charge in [-0.15, -0.1) is 4.68 Å². The molecule has 2 aromatic rings. The van der Waals surface area contributed by atoms with Crippen molar-refractivity contribution in [2.45, 2.75) is 0 Å². The summed E-state index contributed by atoms with van der Waals surface area (Å²) < 4.78 is 1.59. The van der Waals surface area contributed by atoms with E-state index in [9.17, 15) is 4.79 Å². The van der Waals surface area contributed by atoms with Gasteiger partial charge in [-0.05, 0) is 12.1 Å². The number of para-hydroxylation sites is 1. The van der Waals surface area contributed by atoms with Crippen molar-refractivity contribution >= 4 is 22.5 Å². The van der Waals surface area contributed by atoms with Gasteiger partial charge >= 0.3 is 0 Å². The molecule has 0 aliphatic rings. The third-order valence-corrected chi connectivity index (χ3v) is 2.19. The number of nitrogens with zero attached hydrogens (tertiary/aromatic N) is 1. The van der Waals surface area contributed by atoms with Crippen LogP contribution in [0.2, 0.25) is 5.02 Å². The molecule has 0 aliphatic carbocycles. The highest BCUT2D eigenvalue weighted by Crippen LogP contribution is 2.16. The Kier molecular flexibility index (Phi) is 1.81. The first kappa shape index (κ1) is 8.26. The van der Waals surface area contributed by atoms with E-state index < -0.39 is 0 Å². The van der Waals surface area contributed by atoms with Gasteiger partial charge in [0.15, 0.2) is 7.05 Å². The average molecular weight is 196 g/mol. The second-order valence-electron chi connectivity index (χ2n) is 2.88. The molecule has 0 unspecified atom stereocenters. The van der Waals surface area contributed by atoms with E-state index in [0.29, 0.717) is 15.9 Å². The minimum Gasteiger partial charge on any atom is -0.282 e. The van der Waals surface area contributed by atoms with Crippen molar-refractivity contribution < 1.29 is 4.68 Å². The summed E-state index contributed by atoms with van der Waals surface area (Å²) in [4.78, 5) is 11.5. The molecule has 0 spiro atoms. The van der Waals surface area contributed by atoms with E-state index in [4.69, 9.17) is 11.6 Å². The molecule has 0 fully saturated rings. The fourth-order valence-corrected chi connectivity index (χ4v) is 1.51. The Morgan fingerprint density at radius 2 is 2.23 bits per heavy atom. The monoisotopic (exact) mass is 195 g/mol. The lowest BCUT2D eigenvalue weighted by Gasteiger charge is -1.96. The summed E-state index contributed by atoms with van der Waals surface area (Å²) in [6, 6.07) is 5.26. The summed E-state index contributed by atoms with van der Waals surface area (Å²) in [6.45, 7) is 0. The van der Waals surface area contributed by atoms with Crippen molar-refractivity contribution in [2.75, 3.05) is 0 Å². The van der Waals surface area contributed by atoms with E-state index in [1.165, 1.54) is 6.20 Å². The second-order valence-corrected chi connectivity index (χ2v) is 3.29. The van der Waals surface area contributed by atoms with Crippen LogP contribution in [-0.4, -0.2) is 5.10 Å². The molecule has 0 amide bonds. The molecule has 1 heterocycles. The zero-order valence-electron chi connectivity index (χ0n) is 7.04. The summed E-state index contributed by atoms with van der Waals surface area (Å²) >= 11 is 5.92. The lowest BCUT2D eigenvalue weighted by Crippen LogP contribution is -2.36. The van der Waals surface area contributed by atoms with Gasteiger partial charge in [0.1, 0.15) is 5.52 Å². The van der Waals surface area contributed by atoms with Gasteiger partial charge < -0.3 is 0 Å². The van der Waals surface area contributed by atoms with Gasteiger partial charge in [0.2, 0.25) is 6.20 Å². The minimum absolute atomic E-state index is 0.0289. The molecule has 0 atom stereocenters. The Morgan fingerprint density at radius 1 is 1.46 bits per heavy atom. The number of fused-ring (bicyclic) bond motifs is 1. The normalized spacial score (nSPS) is 10.6. The summed E-state index contributed by atoms with van der Waals surface area (Å²) in [6.07, 6.45) is 1.48. The topological polar surface area (TPSA) is 36.7 Å². The summed E-state index contributed by atoms with van der Waals surface area (Å²) in [5.74, 6) is 0. The molecule has 0 radical (unpaired) electrons. The van der Waals surface area contributed by atoms with Crippen LogP contribution in [0, 0.1) is 0 Å². The van der Waals surface area contributed by atoms with E-state index in [-0.39, 0.29) is 5.43 Å². The quantitative estimate of drug-likeness (QED) is 0.626. The fraction of sp³-hybridized carbons (Fsp3) is 0.111. The van der Waals surface area contributed by atoms with Gasteiger partial charge in [0, 0.05) is 0 Å². The van der Waals surface area contributed by atoms with Crippen LogP contribution >= 0.6 is 11.6 Å². The van der Waals surface area contributed by atoms with Gasteiger partial charge in [-0.1, -0.05) is 17.7 Å². The highest BCUT2D eigenvalue weighted by atomic mass is 35.5. The number of halogens is 1. The number of benzene rings is 1. The third-order valence-electron chi connectivity index (χ3n) is 1.88. The molecule has 1 N–H and O–H groups in total. The van der Waals surface area contributed by atoms with Crippen LogP contribution in [0.4, 0.5) is 0 Å². The molecule has 4 heteroatoms. The number of aryl methyl sites for hydroxylation is 1. The Bertz CT molecular complexity index is 518. The van der Waals surface area contributed by atoms with Crippen LogP contribution in [-0.2, 0) is 7.05 Å². The van der Waals surface area contributed by atoms with Crippen molar-refractivity contribution in [3.05, 3.63) is 39.6 Å². The van der Waals surface area contributed by atoms with Crippen LogP contribution in [0.5, 0.6) is 0 Å². The number of hydrogen-bond acceptors (Lipinski definition) is 1. The molecule has 3 nitrogen and oxygen atoms in total. The maximum Gasteiger partial charge on any atom is 0.253 e. The maximum absolute atomic E-state index is 11.5. The van der Waals surface area contributed by atoms with Crippen molar-refractivity contribution in [3.63, 3.8) is 0 Å². The fourth-order valence-electron chi connectivity index (χ4n) is 1.30. The predicted octanol–water partition coefficient (Wildman–Crippen LogP) is 1.01. The van der Waals surface area contributed by atoms with E-state index in [1.54, 1.807) is 29.9 Å². The number of H-pyrrole nitrogens is 1. The summed E-state index contributed by atoms with van der Waals surface area (Å²) in [5, 5.41) is 4.16. The van der Waals surface area contributed by atoms with Crippen LogP contribution in [0.1, 0.15) is 0 Å². The predicted molar refractivity (Wildman–Crippen MR) is 50.8 cm³/mol. The van der Waals surface area contributed by atoms with Crippen molar-refractivity contribution in [1.29, 1.82) is 0 Å². The molecule has 13 heavy (non-hydrogen) atoms. The van der Waals surface area contributed by atoms with Crippen molar-refractivity contribution in [1.82, 2.24) is 5.10 Å². The Labute approximate surface area is 79.6 Å². The molecule has 1 aromatic carbocycles. The zero-order chi connectivity index (χ0) is 9.42. The summed E-state index contributed by atoms with van der Waals surface area (Å²) in [5.41, 5.74) is 0.651. The Morgan fingerprint density at radius 3 is 3.00 bits per heavy atom. The van der Waals surface area contributed by atoms with Gasteiger partial charge in [-0.25, -0.2) is 0 Å². The van der Waals surface area contributed by atoms with Gasteiger partial charge in [-0.2, -0.15) is 5.10 Å². The number of rotatable bonds is 0. The average Bonchev–Trinajstić information content (AvgIpc) is 2.07. The van der Waals surface area contributed by atoms with Crippen molar-refractivity contribution in [3.8, 4) is 0 Å².